The van der Waals surface area contributed by atoms with Crippen LogP contribution >= 0.6 is 27.3 Å². The minimum atomic E-state index is 0.767. The number of nitrogens with two attached hydrogens (primary N) is 1. The van der Waals surface area contributed by atoms with Crippen molar-refractivity contribution in [3.05, 3.63) is 74.9 Å². The van der Waals surface area contributed by atoms with Gasteiger partial charge >= 0.3 is 0 Å². The number of methoxy groups -OCH3 is 1. The second kappa shape index (κ2) is 7.71. The van der Waals surface area contributed by atoms with Gasteiger partial charge in [0.15, 0.2) is 0 Å². The number of thiophene rings is 1. The fraction of sp³-hybridized carbons (Fsp3) is 0.136. The summed E-state index contributed by atoms with van der Waals surface area (Å²) in [5.41, 5.74) is 12.6. The number of fused-ring (bicyclic) bond motifs is 1. The van der Waals surface area contributed by atoms with Crippen LogP contribution in [0.2, 0.25) is 0 Å². The Labute approximate surface area is 171 Å². The van der Waals surface area contributed by atoms with Gasteiger partial charge in [0.1, 0.15) is 5.75 Å². The first-order valence-corrected chi connectivity index (χ1v) is 10.4. The number of anilines is 1. The zero-order chi connectivity index (χ0) is 18.8. The van der Waals surface area contributed by atoms with Gasteiger partial charge in [-0.05, 0) is 59.7 Å². The average molecular weight is 439 g/mol. The first-order chi connectivity index (χ1) is 13.2. The molecule has 0 fully saturated rings. The molecule has 0 bridgehead atoms. The van der Waals surface area contributed by atoms with Crippen molar-refractivity contribution in [2.45, 2.75) is 12.8 Å². The summed E-state index contributed by atoms with van der Waals surface area (Å²) < 4.78 is 6.48. The third-order valence-corrected chi connectivity index (χ3v) is 5.93. The van der Waals surface area contributed by atoms with E-state index in [9.17, 15) is 0 Å². The minimum absolute atomic E-state index is 0.767. The van der Waals surface area contributed by atoms with Gasteiger partial charge in [-0.15, -0.1) is 0 Å². The molecule has 0 spiro atoms. The van der Waals surface area contributed by atoms with Gasteiger partial charge in [-0.3, -0.25) is 0 Å². The quantitative estimate of drug-likeness (QED) is 0.409. The highest BCUT2D eigenvalue weighted by atomic mass is 79.9. The number of rotatable bonds is 5. The summed E-state index contributed by atoms with van der Waals surface area (Å²) in [4.78, 5) is 4.85. The molecule has 2 N–H and O–H groups in total. The van der Waals surface area contributed by atoms with E-state index in [4.69, 9.17) is 15.5 Å². The van der Waals surface area contributed by atoms with Crippen LogP contribution < -0.4 is 10.5 Å². The highest BCUT2D eigenvalue weighted by Gasteiger charge is 2.15. The van der Waals surface area contributed by atoms with Crippen molar-refractivity contribution >= 4 is 43.9 Å². The van der Waals surface area contributed by atoms with Crippen molar-refractivity contribution in [1.29, 1.82) is 0 Å². The van der Waals surface area contributed by atoms with E-state index in [-0.39, 0.29) is 0 Å². The second-order valence-corrected chi connectivity index (χ2v) is 8.07. The van der Waals surface area contributed by atoms with E-state index in [0.717, 1.165) is 56.5 Å². The number of aryl methyl sites for hydroxylation is 2. The van der Waals surface area contributed by atoms with E-state index in [0.29, 0.717) is 0 Å². The molecule has 0 unspecified atom stereocenters. The Morgan fingerprint density at radius 3 is 2.59 bits per heavy atom. The van der Waals surface area contributed by atoms with Gasteiger partial charge < -0.3 is 10.5 Å². The van der Waals surface area contributed by atoms with Gasteiger partial charge in [0.25, 0.3) is 0 Å². The monoisotopic (exact) mass is 438 g/mol. The number of ether oxygens (including phenoxy) is 1. The van der Waals surface area contributed by atoms with Gasteiger partial charge in [-0.2, -0.15) is 11.3 Å². The van der Waals surface area contributed by atoms with E-state index in [1.807, 2.05) is 17.5 Å². The molecular weight excluding hydrogens is 420 g/mol. The number of benzene rings is 2. The lowest BCUT2D eigenvalue weighted by Gasteiger charge is -2.15. The van der Waals surface area contributed by atoms with E-state index in [2.05, 4.69) is 57.7 Å². The van der Waals surface area contributed by atoms with Crippen molar-refractivity contribution in [3.8, 4) is 17.0 Å². The lowest BCUT2D eigenvalue weighted by molar-refractivity contribution is 0.415. The summed E-state index contributed by atoms with van der Waals surface area (Å²) in [6.45, 7) is 0. The molecule has 4 rings (SSSR count). The maximum absolute atomic E-state index is 6.60. The van der Waals surface area contributed by atoms with Crippen LogP contribution in [0.3, 0.4) is 0 Å². The first kappa shape index (κ1) is 18.0. The molecule has 0 amide bonds. The average Bonchev–Trinajstić information content (AvgIpc) is 3.22. The molecule has 5 heteroatoms. The van der Waals surface area contributed by atoms with Crippen LogP contribution in [0.25, 0.3) is 22.2 Å². The molecule has 0 atom stereocenters. The Balaban J connectivity index is 1.81. The van der Waals surface area contributed by atoms with Crippen molar-refractivity contribution < 1.29 is 4.74 Å². The van der Waals surface area contributed by atoms with Crippen molar-refractivity contribution in [2.24, 2.45) is 0 Å². The number of halogens is 1. The maximum Gasteiger partial charge on any atom is 0.121 e. The first-order valence-electron chi connectivity index (χ1n) is 8.69. The highest BCUT2D eigenvalue weighted by molar-refractivity contribution is 9.10. The number of nitrogen functional groups attached to an aromatic ring is 1. The third kappa shape index (κ3) is 3.70. The van der Waals surface area contributed by atoms with Crippen LogP contribution in [-0.2, 0) is 12.8 Å². The van der Waals surface area contributed by atoms with Crippen molar-refractivity contribution in [1.82, 2.24) is 4.98 Å². The summed E-state index contributed by atoms with van der Waals surface area (Å²) in [6, 6.07) is 16.5. The number of hydrogen-bond donors (Lipinski definition) is 1. The zero-order valence-electron chi connectivity index (χ0n) is 14.9. The Morgan fingerprint density at radius 2 is 1.89 bits per heavy atom. The molecule has 0 saturated carbocycles. The molecule has 4 aromatic rings. The standard InChI is InChI=1S/C22H19BrN2OS/c1-26-17-7-9-18-19(8-4-14-2-5-16(23)6-3-14)21(24)22(25-20(18)12-17)15-10-11-27-13-15/h2-3,5-7,9-13H,4,8,24H2,1H3. The lowest BCUT2D eigenvalue weighted by atomic mass is 9.97. The lowest BCUT2D eigenvalue weighted by Crippen LogP contribution is -2.03. The second-order valence-electron chi connectivity index (χ2n) is 6.37. The van der Waals surface area contributed by atoms with Crippen molar-refractivity contribution in [2.75, 3.05) is 12.8 Å². The molecular formula is C22H19BrN2OS. The molecule has 2 aromatic carbocycles. The van der Waals surface area contributed by atoms with E-state index >= 15 is 0 Å². The number of pyridine rings is 1. The topological polar surface area (TPSA) is 48.1 Å². The van der Waals surface area contributed by atoms with E-state index < -0.39 is 0 Å². The van der Waals surface area contributed by atoms with Gasteiger partial charge in [-0.1, -0.05) is 28.1 Å². The molecule has 0 saturated heterocycles. The summed E-state index contributed by atoms with van der Waals surface area (Å²) in [7, 11) is 1.67. The molecule has 0 aliphatic carbocycles. The summed E-state index contributed by atoms with van der Waals surface area (Å²) in [6.07, 6.45) is 1.78. The number of hydrogen-bond acceptors (Lipinski definition) is 4. The Hall–Kier alpha value is -2.37. The van der Waals surface area contributed by atoms with E-state index in [1.54, 1.807) is 18.4 Å². The largest absolute Gasteiger partial charge is 0.497 e. The molecule has 0 radical (unpaired) electrons. The predicted molar refractivity (Wildman–Crippen MR) is 118 cm³/mol. The molecule has 136 valence electrons. The van der Waals surface area contributed by atoms with Crippen LogP contribution in [0, 0.1) is 0 Å². The van der Waals surface area contributed by atoms with E-state index in [1.165, 1.54) is 5.56 Å². The van der Waals surface area contributed by atoms with Crippen molar-refractivity contribution in [3.63, 3.8) is 0 Å². The predicted octanol–water partition coefficient (Wildman–Crippen LogP) is 6.10. The van der Waals surface area contributed by atoms with Crippen LogP contribution in [0.15, 0.2) is 63.8 Å². The molecule has 0 aliphatic rings. The summed E-state index contributed by atoms with van der Waals surface area (Å²) in [5, 5.41) is 5.22. The van der Waals surface area contributed by atoms with Crippen LogP contribution in [0.5, 0.6) is 5.75 Å². The van der Waals surface area contributed by atoms with Gasteiger partial charge in [0, 0.05) is 26.9 Å². The Kier molecular flexibility index (Phi) is 5.14. The fourth-order valence-electron chi connectivity index (χ4n) is 3.26. The Morgan fingerprint density at radius 1 is 1.07 bits per heavy atom. The van der Waals surface area contributed by atoms with Gasteiger partial charge in [-0.25, -0.2) is 4.98 Å². The minimum Gasteiger partial charge on any atom is -0.497 e. The molecule has 2 aromatic heterocycles. The number of aromatic nitrogens is 1. The fourth-order valence-corrected chi connectivity index (χ4v) is 4.17. The normalized spacial score (nSPS) is 11.0. The number of nitrogens with zero attached hydrogens (tertiary/aromatic N) is 1. The van der Waals surface area contributed by atoms with Crippen LogP contribution in [-0.4, -0.2) is 12.1 Å². The molecule has 3 nitrogen and oxygen atoms in total. The van der Waals surface area contributed by atoms with Gasteiger partial charge in [0.2, 0.25) is 0 Å². The maximum atomic E-state index is 6.60. The molecule has 27 heavy (non-hydrogen) atoms. The highest BCUT2D eigenvalue weighted by Crippen LogP contribution is 2.35. The molecule has 2 heterocycles. The summed E-state index contributed by atoms with van der Waals surface area (Å²) in [5.74, 6) is 0.801. The summed E-state index contributed by atoms with van der Waals surface area (Å²) >= 11 is 5.14. The zero-order valence-corrected chi connectivity index (χ0v) is 17.3. The molecule has 0 aliphatic heterocycles. The smallest absolute Gasteiger partial charge is 0.121 e. The van der Waals surface area contributed by atoms with Gasteiger partial charge in [0.05, 0.1) is 24.0 Å². The van der Waals surface area contributed by atoms with Crippen LogP contribution in [0.4, 0.5) is 5.69 Å². The third-order valence-electron chi connectivity index (χ3n) is 4.71. The van der Waals surface area contributed by atoms with Crippen LogP contribution in [0.1, 0.15) is 11.1 Å². The Bertz CT molecular complexity index is 1080. The SMILES string of the molecule is COc1ccc2c(CCc3ccc(Br)cc3)c(N)c(-c3ccsc3)nc2c1.